The Hall–Kier alpha value is -2.82. The minimum absolute atomic E-state index is 0.0904. The van der Waals surface area contributed by atoms with Gasteiger partial charge in [0, 0.05) is 5.39 Å². The van der Waals surface area contributed by atoms with Gasteiger partial charge in [-0.1, -0.05) is 45.0 Å². The van der Waals surface area contributed by atoms with Crippen LogP contribution in [0.25, 0.3) is 10.9 Å². The largest absolute Gasteiger partial charge is 0.493 e. The topological polar surface area (TPSA) is 63.8 Å². The lowest BCUT2D eigenvalue weighted by atomic mass is 9.87. The number of benzene rings is 2. The van der Waals surface area contributed by atoms with Gasteiger partial charge in [0.15, 0.2) is 5.69 Å². The monoisotopic (exact) mass is 352 g/mol. The molecule has 3 rings (SSSR count). The third-order valence-corrected chi connectivity index (χ3v) is 4.64. The van der Waals surface area contributed by atoms with Crippen molar-refractivity contribution in [2.24, 2.45) is 5.18 Å². The molecule has 0 unspecified atom stereocenters. The molecule has 0 saturated carbocycles. The molecule has 0 aliphatic carbocycles. The van der Waals surface area contributed by atoms with Gasteiger partial charge in [0.2, 0.25) is 5.88 Å². The summed E-state index contributed by atoms with van der Waals surface area (Å²) in [4.78, 5) is 11.2. The summed E-state index contributed by atoms with van der Waals surface area (Å²) in [6.45, 7) is 9.20. The van der Waals surface area contributed by atoms with Crippen molar-refractivity contribution in [1.82, 2.24) is 4.57 Å². The minimum atomic E-state index is -0.115. The molecule has 3 aromatic rings. The van der Waals surface area contributed by atoms with E-state index in [1.165, 1.54) is 5.56 Å². The fourth-order valence-corrected chi connectivity index (χ4v) is 3.16. The van der Waals surface area contributed by atoms with Crippen LogP contribution in [0.4, 0.5) is 5.69 Å². The zero-order chi connectivity index (χ0) is 18.9. The highest BCUT2D eigenvalue weighted by Gasteiger charge is 2.19. The van der Waals surface area contributed by atoms with Crippen LogP contribution in [-0.4, -0.2) is 16.3 Å². The van der Waals surface area contributed by atoms with Crippen LogP contribution >= 0.6 is 0 Å². The van der Waals surface area contributed by atoms with E-state index in [-0.39, 0.29) is 17.0 Å². The van der Waals surface area contributed by atoms with E-state index in [1.54, 1.807) is 4.57 Å². The van der Waals surface area contributed by atoms with Gasteiger partial charge in [0.05, 0.1) is 12.1 Å². The van der Waals surface area contributed by atoms with Crippen LogP contribution in [0.1, 0.15) is 31.9 Å². The van der Waals surface area contributed by atoms with Gasteiger partial charge in [0.1, 0.15) is 12.4 Å². The molecule has 0 spiro atoms. The minimum Gasteiger partial charge on any atom is -0.493 e. The quantitative estimate of drug-likeness (QED) is 0.623. The third-order valence-electron chi connectivity index (χ3n) is 4.64. The molecule has 2 aromatic carbocycles. The van der Waals surface area contributed by atoms with E-state index in [2.05, 4.69) is 38.1 Å². The van der Waals surface area contributed by atoms with Crippen molar-refractivity contribution in [3.8, 4) is 11.6 Å². The SMILES string of the molecule is Cc1cccc2c1c(N=O)c(O)n2CCOc1ccc(C(C)(C)C)cc1. The molecule has 0 aliphatic heterocycles. The van der Waals surface area contributed by atoms with Gasteiger partial charge >= 0.3 is 0 Å². The van der Waals surface area contributed by atoms with Crippen LogP contribution in [0.3, 0.4) is 0 Å². The maximum Gasteiger partial charge on any atom is 0.222 e. The highest BCUT2D eigenvalue weighted by atomic mass is 16.5. The first-order valence-electron chi connectivity index (χ1n) is 8.70. The van der Waals surface area contributed by atoms with Crippen molar-refractivity contribution in [3.63, 3.8) is 0 Å². The van der Waals surface area contributed by atoms with Gasteiger partial charge in [-0.15, -0.1) is 4.91 Å². The van der Waals surface area contributed by atoms with Crippen LogP contribution in [0.15, 0.2) is 47.6 Å². The number of nitrogens with zero attached hydrogens (tertiary/aromatic N) is 2. The lowest BCUT2D eigenvalue weighted by Gasteiger charge is -2.19. The molecule has 0 fully saturated rings. The van der Waals surface area contributed by atoms with Crippen LogP contribution < -0.4 is 4.74 Å². The molecule has 0 aliphatic rings. The number of hydrogen-bond acceptors (Lipinski definition) is 4. The van der Waals surface area contributed by atoms with Crippen LogP contribution in [0, 0.1) is 11.8 Å². The Morgan fingerprint density at radius 3 is 2.42 bits per heavy atom. The standard InChI is InChI=1S/C21H24N2O3/c1-14-6-5-7-17-18(14)19(22-25)20(24)23(17)12-13-26-16-10-8-15(9-11-16)21(2,3)4/h5-11,24H,12-13H2,1-4H3. The number of nitroso groups, excluding NO2 is 1. The zero-order valence-electron chi connectivity index (χ0n) is 15.6. The normalized spacial score (nSPS) is 11.7. The van der Waals surface area contributed by atoms with Gasteiger partial charge in [-0.25, -0.2) is 0 Å². The summed E-state index contributed by atoms with van der Waals surface area (Å²) in [7, 11) is 0. The summed E-state index contributed by atoms with van der Waals surface area (Å²) in [5, 5.41) is 14.1. The smallest absolute Gasteiger partial charge is 0.222 e. The van der Waals surface area contributed by atoms with Crippen molar-refractivity contribution >= 4 is 16.6 Å². The third kappa shape index (κ3) is 3.29. The number of aryl methyl sites for hydroxylation is 1. The highest BCUT2D eigenvalue weighted by Crippen LogP contribution is 2.40. The van der Waals surface area contributed by atoms with E-state index in [1.807, 2.05) is 37.3 Å². The van der Waals surface area contributed by atoms with Gasteiger partial charge in [-0.3, -0.25) is 0 Å². The summed E-state index contributed by atoms with van der Waals surface area (Å²) in [5.74, 6) is 0.662. The van der Waals surface area contributed by atoms with Crippen molar-refractivity contribution in [2.45, 2.75) is 39.7 Å². The number of aromatic nitrogens is 1. The van der Waals surface area contributed by atoms with E-state index in [4.69, 9.17) is 4.74 Å². The fraction of sp³-hybridized carbons (Fsp3) is 0.333. The summed E-state index contributed by atoms with van der Waals surface area (Å²) < 4.78 is 7.48. The van der Waals surface area contributed by atoms with E-state index >= 15 is 0 Å². The highest BCUT2D eigenvalue weighted by molar-refractivity contribution is 5.97. The van der Waals surface area contributed by atoms with Crippen molar-refractivity contribution in [1.29, 1.82) is 0 Å². The predicted molar refractivity (Wildman–Crippen MR) is 104 cm³/mol. The first kappa shape index (κ1) is 18.0. The molecule has 1 aromatic heterocycles. The molecule has 5 heteroatoms. The first-order valence-corrected chi connectivity index (χ1v) is 8.70. The van der Waals surface area contributed by atoms with Crippen LogP contribution in [0.5, 0.6) is 11.6 Å². The first-order chi connectivity index (χ1) is 12.3. The number of rotatable bonds is 5. The summed E-state index contributed by atoms with van der Waals surface area (Å²) in [5.41, 5.74) is 3.13. The van der Waals surface area contributed by atoms with E-state index in [0.29, 0.717) is 18.5 Å². The maximum atomic E-state index is 11.2. The lowest BCUT2D eigenvalue weighted by molar-refractivity contribution is 0.290. The Balaban J connectivity index is 1.77. The Morgan fingerprint density at radius 2 is 1.81 bits per heavy atom. The molecule has 1 heterocycles. The molecular weight excluding hydrogens is 328 g/mol. The molecule has 5 nitrogen and oxygen atoms in total. The van der Waals surface area contributed by atoms with E-state index < -0.39 is 0 Å². The number of fused-ring (bicyclic) bond motifs is 1. The number of aromatic hydroxyl groups is 1. The Labute approximate surface area is 153 Å². The average molecular weight is 352 g/mol. The van der Waals surface area contributed by atoms with Crippen LogP contribution in [0.2, 0.25) is 0 Å². The molecule has 0 amide bonds. The predicted octanol–water partition coefficient (Wildman–Crippen LogP) is 5.43. The van der Waals surface area contributed by atoms with Crippen molar-refractivity contribution in [2.75, 3.05) is 6.61 Å². The molecule has 0 radical (unpaired) electrons. The molecule has 1 N–H and O–H groups in total. The molecule has 26 heavy (non-hydrogen) atoms. The van der Waals surface area contributed by atoms with Crippen molar-refractivity contribution in [3.05, 3.63) is 58.5 Å². The van der Waals surface area contributed by atoms with Gasteiger partial charge in [-0.05, 0) is 46.8 Å². The summed E-state index contributed by atoms with van der Waals surface area (Å²) in [6, 6.07) is 13.7. The second-order valence-electron chi connectivity index (χ2n) is 7.51. The number of ether oxygens (including phenoxy) is 1. The van der Waals surface area contributed by atoms with E-state index in [9.17, 15) is 10.0 Å². The summed E-state index contributed by atoms with van der Waals surface area (Å²) in [6.07, 6.45) is 0. The summed E-state index contributed by atoms with van der Waals surface area (Å²) >= 11 is 0. The Morgan fingerprint density at radius 1 is 1.12 bits per heavy atom. The second-order valence-corrected chi connectivity index (χ2v) is 7.51. The molecule has 0 saturated heterocycles. The molecule has 0 atom stereocenters. The lowest BCUT2D eigenvalue weighted by Crippen LogP contribution is -2.11. The molecule has 0 bridgehead atoms. The number of hydrogen-bond donors (Lipinski definition) is 1. The van der Waals surface area contributed by atoms with Gasteiger partial charge in [0.25, 0.3) is 0 Å². The van der Waals surface area contributed by atoms with Gasteiger partial charge in [-0.2, -0.15) is 0 Å². The zero-order valence-corrected chi connectivity index (χ0v) is 15.6. The molecular formula is C21H24N2O3. The second kappa shape index (κ2) is 6.83. The Bertz CT molecular complexity index is 935. The van der Waals surface area contributed by atoms with Crippen molar-refractivity contribution < 1.29 is 9.84 Å². The molecule has 136 valence electrons. The van der Waals surface area contributed by atoms with E-state index in [0.717, 1.165) is 16.8 Å². The van der Waals surface area contributed by atoms with Crippen LogP contribution in [-0.2, 0) is 12.0 Å². The fourth-order valence-electron chi connectivity index (χ4n) is 3.16. The maximum absolute atomic E-state index is 11.2. The Kier molecular flexibility index (Phi) is 4.72. The van der Waals surface area contributed by atoms with Gasteiger partial charge < -0.3 is 14.4 Å². The average Bonchev–Trinajstić information content (AvgIpc) is 2.87.